The number of nitrogens with zero attached hydrogens (tertiary/aromatic N) is 2. The fraction of sp³-hybridized carbons (Fsp3) is 0.400. The minimum atomic E-state index is -3.08. The zero-order valence-electron chi connectivity index (χ0n) is 16.4. The van der Waals surface area contributed by atoms with E-state index in [1.807, 2.05) is 20.8 Å². The predicted molar refractivity (Wildman–Crippen MR) is 117 cm³/mol. The van der Waals surface area contributed by atoms with Gasteiger partial charge in [0.2, 0.25) is 5.91 Å². The van der Waals surface area contributed by atoms with Gasteiger partial charge < -0.3 is 5.32 Å². The molecule has 2 aromatic rings. The molecule has 1 unspecified atom stereocenters. The Labute approximate surface area is 180 Å². The molecule has 1 N–H and O–H groups in total. The van der Waals surface area contributed by atoms with Crippen molar-refractivity contribution < 1.29 is 13.2 Å². The maximum absolute atomic E-state index is 12.5. The maximum Gasteiger partial charge on any atom is 0.249 e. The fourth-order valence-corrected chi connectivity index (χ4v) is 5.23. The smallest absolute Gasteiger partial charge is 0.249 e. The van der Waals surface area contributed by atoms with Crippen LogP contribution in [-0.4, -0.2) is 35.6 Å². The van der Waals surface area contributed by atoms with Gasteiger partial charge >= 0.3 is 0 Å². The average molecular weight is 456 g/mol. The number of hydrogen-bond acceptors (Lipinski definition) is 4. The van der Waals surface area contributed by atoms with Crippen molar-refractivity contribution in [3.8, 4) is 0 Å². The number of nitrogens with one attached hydrogen (secondary N) is 1. The molecule has 2 heterocycles. The molecule has 0 radical (unpaired) electrons. The molecule has 1 amide bonds. The molecule has 0 aliphatic carbocycles. The highest BCUT2D eigenvalue weighted by atomic mass is 35.5. The number of aromatic nitrogens is 2. The standard InChI is InChI=1S/C20H23Cl2N3O3S/c1-20(2,3)17-11-18(25(24-17)15-8-9-29(27,28)12-15)23-19(26)7-5-13-4-6-14(21)10-16(13)22/h4-7,10-11,15H,8-9,12H2,1-3H3,(H,23,26)/b7-5+. The Morgan fingerprint density at radius 3 is 2.59 bits per heavy atom. The Morgan fingerprint density at radius 1 is 1.28 bits per heavy atom. The molecule has 1 aliphatic heterocycles. The molecule has 1 aromatic heterocycles. The quantitative estimate of drug-likeness (QED) is 0.687. The summed E-state index contributed by atoms with van der Waals surface area (Å²) in [6, 6.07) is 6.52. The predicted octanol–water partition coefficient (Wildman–Crippen LogP) is 4.50. The van der Waals surface area contributed by atoms with Gasteiger partial charge in [0, 0.05) is 27.6 Å². The minimum Gasteiger partial charge on any atom is -0.307 e. The first kappa shape index (κ1) is 21.9. The lowest BCUT2D eigenvalue weighted by Crippen LogP contribution is -2.19. The first-order valence-corrected chi connectivity index (χ1v) is 11.8. The normalized spacial score (nSPS) is 19.0. The van der Waals surface area contributed by atoms with Crippen molar-refractivity contribution in [3.63, 3.8) is 0 Å². The van der Waals surface area contributed by atoms with Crippen LogP contribution in [0.25, 0.3) is 6.08 Å². The van der Waals surface area contributed by atoms with Gasteiger partial charge in [0.1, 0.15) is 5.82 Å². The van der Waals surface area contributed by atoms with E-state index in [1.165, 1.54) is 6.08 Å². The number of hydrogen-bond donors (Lipinski definition) is 1. The molecule has 29 heavy (non-hydrogen) atoms. The summed E-state index contributed by atoms with van der Waals surface area (Å²) in [5.74, 6) is 0.273. The second-order valence-corrected chi connectivity index (χ2v) is 11.2. The highest BCUT2D eigenvalue weighted by molar-refractivity contribution is 7.91. The summed E-state index contributed by atoms with van der Waals surface area (Å²) >= 11 is 12.0. The number of benzene rings is 1. The Kier molecular flexibility index (Phi) is 6.13. The summed E-state index contributed by atoms with van der Waals surface area (Å²) in [7, 11) is -3.08. The van der Waals surface area contributed by atoms with Crippen LogP contribution in [0.2, 0.25) is 10.0 Å². The summed E-state index contributed by atoms with van der Waals surface area (Å²) in [5, 5.41) is 8.38. The van der Waals surface area contributed by atoms with Gasteiger partial charge in [0.25, 0.3) is 0 Å². The topological polar surface area (TPSA) is 81.1 Å². The van der Waals surface area contributed by atoms with Crippen LogP contribution in [0.3, 0.4) is 0 Å². The minimum absolute atomic E-state index is 0.0252. The van der Waals surface area contributed by atoms with E-state index in [-0.39, 0.29) is 28.9 Å². The molecule has 6 nitrogen and oxygen atoms in total. The molecule has 0 saturated carbocycles. The van der Waals surface area contributed by atoms with Crippen LogP contribution < -0.4 is 5.32 Å². The van der Waals surface area contributed by atoms with Crippen molar-refractivity contribution in [3.05, 3.63) is 51.6 Å². The third kappa shape index (κ3) is 5.41. The van der Waals surface area contributed by atoms with E-state index in [1.54, 1.807) is 35.0 Å². The van der Waals surface area contributed by atoms with Gasteiger partial charge in [0.15, 0.2) is 9.84 Å². The van der Waals surface area contributed by atoms with Crippen LogP contribution in [0.5, 0.6) is 0 Å². The van der Waals surface area contributed by atoms with Crippen LogP contribution in [0.4, 0.5) is 5.82 Å². The number of anilines is 1. The third-order valence-electron chi connectivity index (χ3n) is 4.69. The van der Waals surface area contributed by atoms with Gasteiger partial charge in [0.05, 0.1) is 23.2 Å². The largest absolute Gasteiger partial charge is 0.307 e. The highest BCUT2D eigenvalue weighted by Gasteiger charge is 2.32. The van der Waals surface area contributed by atoms with Gasteiger partial charge in [-0.15, -0.1) is 0 Å². The third-order valence-corrected chi connectivity index (χ3v) is 7.00. The van der Waals surface area contributed by atoms with Crippen LogP contribution in [-0.2, 0) is 20.0 Å². The van der Waals surface area contributed by atoms with Crippen molar-refractivity contribution in [1.29, 1.82) is 0 Å². The monoisotopic (exact) mass is 455 g/mol. The van der Waals surface area contributed by atoms with Crippen LogP contribution >= 0.6 is 23.2 Å². The van der Waals surface area contributed by atoms with Crippen molar-refractivity contribution in [2.45, 2.75) is 38.6 Å². The summed E-state index contributed by atoms with van der Waals surface area (Å²) in [4.78, 5) is 12.5. The fourth-order valence-electron chi connectivity index (χ4n) is 3.07. The lowest BCUT2D eigenvalue weighted by Gasteiger charge is -2.15. The number of sulfone groups is 1. The molecule has 3 rings (SSSR count). The average Bonchev–Trinajstić information content (AvgIpc) is 3.17. The van der Waals surface area contributed by atoms with Crippen LogP contribution in [0.1, 0.15) is 44.5 Å². The summed E-state index contributed by atoms with van der Waals surface area (Å²) < 4.78 is 25.4. The number of carbonyl (C=O) groups is 1. The van der Waals surface area contributed by atoms with Gasteiger partial charge in [-0.2, -0.15) is 5.10 Å². The zero-order valence-corrected chi connectivity index (χ0v) is 18.8. The van der Waals surface area contributed by atoms with Gasteiger partial charge in [-0.1, -0.05) is 50.0 Å². The molecule has 156 valence electrons. The van der Waals surface area contributed by atoms with Gasteiger partial charge in [-0.3, -0.25) is 4.79 Å². The van der Waals surface area contributed by atoms with Gasteiger partial charge in [-0.05, 0) is 30.2 Å². The van der Waals surface area contributed by atoms with Crippen LogP contribution in [0, 0.1) is 0 Å². The van der Waals surface area contributed by atoms with Gasteiger partial charge in [-0.25, -0.2) is 13.1 Å². The van der Waals surface area contributed by atoms with E-state index in [0.29, 0.717) is 27.8 Å². The Bertz CT molecular complexity index is 1070. The molecule has 1 saturated heterocycles. The summed E-state index contributed by atoms with van der Waals surface area (Å²) in [6.07, 6.45) is 3.45. The molecule has 0 bridgehead atoms. The number of carbonyl (C=O) groups excluding carboxylic acids is 1. The van der Waals surface area contributed by atoms with Crippen molar-refractivity contribution >= 4 is 50.8 Å². The van der Waals surface area contributed by atoms with E-state index in [9.17, 15) is 13.2 Å². The van der Waals surface area contributed by atoms with E-state index in [4.69, 9.17) is 23.2 Å². The lowest BCUT2D eigenvalue weighted by atomic mass is 9.92. The number of rotatable bonds is 4. The molecule has 1 aliphatic rings. The number of halogens is 2. The van der Waals surface area contributed by atoms with Crippen molar-refractivity contribution in [2.24, 2.45) is 0 Å². The molecule has 9 heteroatoms. The Hall–Kier alpha value is -1.83. The lowest BCUT2D eigenvalue weighted by molar-refractivity contribution is -0.111. The number of amides is 1. The zero-order chi connectivity index (χ0) is 21.4. The molecule has 1 fully saturated rings. The van der Waals surface area contributed by atoms with E-state index >= 15 is 0 Å². The molecular formula is C20H23Cl2N3O3S. The van der Waals surface area contributed by atoms with E-state index < -0.39 is 9.84 Å². The SMILES string of the molecule is CC(C)(C)c1cc(NC(=O)/C=C/c2ccc(Cl)cc2Cl)n(C2CCS(=O)(=O)C2)n1. The molecule has 0 spiro atoms. The molecule has 1 aromatic carbocycles. The molecule has 1 atom stereocenters. The highest BCUT2D eigenvalue weighted by Crippen LogP contribution is 2.31. The van der Waals surface area contributed by atoms with E-state index in [0.717, 1.165) is 5.69 Å². The van der Waals surface area contributed by atoms with Crippen LogP contribution in [0.15, 0.2) is 30.3 Å². The summed E-state index contributed by atoms with van der Waals surface area (Å²) in [5.41, 5.74) is 1.20. The first-order chi connectivity index (χ1) is 13.4. The summed E-state index contributed by atoms with van der Waals surface area (Å²) in [6.45, 7) is 6.04. The Balaban J connectivity index is 1.84. The Morgan fingerprint density at radius 2 is 2.00 bits per heavy atom. The van der Waals surface area contributed by atoms with Crippen molar-refractivity contribution in [1.82, 2.24) is 9.78 Å². The first-order valence-electron chi connectivity index (χ1n) is 9.19. The second-order valence-electron chi connectivity index (χ2n) is 8.15. The second kappa shape index (κ2) is 8.13. The van der Waals surface area contributed by atoms with Crippen molar-refractivity contribution in [2.75, 3.05) is 16.8 Å². The maximum atomic E-state index is 12.5. The van der Waals surface area contributed by atoms with E-state index in [2.05, 4.69) is 10.4 Å². The molecular weight excluding hydrogens is 433 g/mol.